The summed E-state index contributed by atoms with van der Waals surface area (Å²) in [6.45, 7) is 0.814. The van der Waals surface area contributed by atoms with Crippen LogP contribution in [0.15, 0.2) is 36.4 Å². The third-order valence-corrected chi connectivity index (χ3v) is 3.37. The van der Waals surface area contributed by atoms with E-state index in [1.54, 1.807) is 0 Å². The summed E-state index contributed by atoms with van der Waals surface area (Å²) < 4.78 is 5.12. The van der Waals surface area contributed by atoms with Gasteiger partial charge in [-0.1, -0.05) is 42.5 Å². The molecule has 1 aliphatic rings. The summed E-state index contributed by atoms with van der Waals surface area (Å²) in [7, 11) is 0. The molecule has 1 aromatic carbocycles. The minimum absolute atomic E-state index is 0.0704. The fraction of sp³-hybridized carbons (Fsp3) is 0.375. The van der Waals surface area contributed by atoms with Crippen molar-refractivity contribution >= 4 is 18.0 Å². The van der Waals surface area contributed by atoms with E-state index in [4.69, 9.17) is 9.84 Å². The average Bonchev–Trinajstić information content (AvgIpc) is 2.52. The summed E-state index contributed by atoms with van der Waals surface area (Å²) in [5, 5.41) is 9.09. The smallest absolute Gasteiger partial charge is 0.328 e. The Morgan fingerprint density at radius 2 is 2.10 bits per heavy atom. The fourth-order valence-electron chi connectivity index (χ4n) is 2.24. The third-order valence-electron chi connectivity index (χ3n) is 3.37. The molecule has 1 unspecified atom stereocenters. The Balaban J connectivity index is 1.83. The van der Waals surface area contributed by atoms with Crippen LogP contribution in [0.3, 0.4) is 0 Å². The summed E-state index contributed by atoms with van der Waals surface area (Å²) in [5.74, 6) is -1.15. The second kappa shape index (κ2) is 7.59. The van der Waals surface area contributed by atoms with Gasteiger partial charge in [0.25, 0.3) is 0 Å². The molecular weight excluding hydrogens is 270 g/mol. The zero-order valence-electron chi connectivity index (χ0n) is 11.8. The quantitative estimate of drug-likeness (QED) is 0.897. The highest BCUT2D eigenvalue weighted by atomic mass is 16.5. The molecule has 5 heteroatoms. The number of allylic oxidation sites excluding steroid dienone is 1. The van der Waals surface area contributed by atoms with Crippen molar-refractivity contribution in [3.8, 4) is 0 Å². The van der Waals surface area contributed by atoms with Gasteiger partial charge in [-0.3, -0.25) is 4.79 Å². The number of carbonyl (C=O) groups excluding carboxylic acids is 1. The first-order chi connectivity index (χ1) is 10.2. The van der Waals surface area contributed by atoms with E-state index in [1.165, 1.54) is 4.90 Å². The Hall–Kier alpha value is -2.14. The van der Waals surface area contributed by atoms with Gasteiger partial charge in [-0.25, -0.2) is 4.79 Å². The second-order valence-corrected chi connectivity index (χ2v) is 4.87. The van der Waals surface area contributed by atoms with Gasteiger partial charge >= 0.3 is 5.97 Å². The highest BCUT2D eigenvalue weighted by Crippen LogP contribution is 2.11. The predicted molar refractivity (Wildman–Crippen MR) is 78.7 cm³/mol. The molecule has 112 valence electrons. The van der Waals surface area contributed by atoms with Crippen LogP contribution >= 0.6 is 0 Å². The van der Waals surface area contributed by atoms with Crippen LogP contribution in [0.4, 0.5) is 0 Å². The van der Waals surface area contributed by atoms with E-state index in [1.807, 2.05) is 42.5 Å². The zero-order chi connectivity index (χ0) is 15.1. The summed E-state index contributed by atoms with van der Waals surface area (Å²) in [4.78, 5) is 24.6. The van der Waals surface area contributed by atoms with Gasteiger partial charge in [0.2, 0.25) is 5.91 Å². The fourth-order valence-corrected chi connectivity index (χ4v) is 2.24. The van der Waals surface area contributed by atoms with Crippen LogP contribution in [-0.4, -0.2) is 47.7 Å². The lowest BCUT2D eigenvalue weighted by Crippen LogP contribution is -2.52. The molecule has 1 N–H and O–H groups in total. The average molecular weight is 289 g/mol. The molecule has 1 fully saturated rings. The minimum atomic E-state index is -1.01. The van der Waals surface area contributed by atoms with E-state index in [9.17, 15) is 9.59 Å². The molecule has 0 bridgehead atoms. The van der Waals surface area contributed by atoms with Crippen molar-refractivity contribution in [3.05, 3.63) is 42.0 Å². The SMILES string of the molecule is O=C(O)C1COCCN1C(=O)CC/C=C/c1ccccc1. The number of rotatable bonds is 5. The highest BCUT2D eigenvalue weighted by molar-refractivity contribution is 5.84. The zero-order valence-corrected chi connectivity index (χ0v) is 11.8. The van der Waals surface area contributed by atoms with Crippen LogP contribution in [0.1, 0.15) is 18.4 Å². The van der Waals surface area contributed by atoms with Crippen LogP contribution in [0.2, 0.25) is 0 Å². The minimum Gasteiger partial charge on any atom is -0.480 e. The Kier molecular flexibility index (Phi) is 5.51. The van der Waals surface area contributed by atoms with Crippen LogP contribution in [0, 0.1) is 0 Å². The maximum atomic E-state index is 12.1. The molecule has 1 aromatic rings. The van der Waals surface area contributed by atoms with Crippen LogP contribution in [0.25, 0.3) is 6.08 Å². The van der Waals surface area contributed by atoms with Crippen LogP contribution in [0.5, 0.6) is 0 Å². The molecule has 1 heterocycles. The Morgan fingerprint density at radius 1 is 1.33 bits per heavy atom. The van der Waals surface area contributed by atoms with Gasteiger partial charge in [-0.2, -0.15) is 0 Å². The van der Waals surface area contributed by atoms with Crippen molar-refractivity contribution < 1.29 is 19.4 Å². The van der Waals surface area contributed by atoms with Gasteiger partial charge in [0.15, 0.2) is 6.04 Å². The number of benzene rings is 1. The van der Waals surface area contributed by atoms with E-state index >= 15 is 0 Å². The molecule has 1 amide bonds. The number of aliphatic carboxylic acids is 1. The Labute approximate surface area is 123 Å². The normalized spacial score (nSPS) is 18.9. The number of nitrogens with zero attached hydrogens (tertiary/aromatic N) is 1. The molecule has 0 aliphatic carbocycles. The number of hydrogen-bond acceptors (Lipinski definition) is 3. The number of ether oxygens (including phenoxy) is 1. The van der Waals surface area contributed by atoms with Crippen molar-refractivity contribution in [2.45, 2.75) is 18.9 Å². The van der Waals surface area contributed by atoms with E-state index < -0.39 is 12.0 Å². The van der Waals surface area contributed by atoms with Crippen LogP contribution < -0.4 is 0 Å². The topological polar surface area (TPSA) is 66.8 Å². The number of hydrogen-bond donors (Lipinski definition) is 1. The number of amides is 1. The van der Waals surface area contributed by atoms with E-state index in [0.717, 1.165) is 5.56 Å². The number of carbonyl (C=O) groups is 2. The van der Waals surface area contributed by atoms with E-state index in [0.29, 0.717) is 26.0 Å². The molecule has 0 radical (unpaired) electrons. The van der Waals surface area contributed by atoms with Crippen molar-refractivity contribution in [2.24, 2.45) is 0 Å². The lowest BCUT2D eigenvalue weighted by molar-refractivity contribution is -0.158. The molecule has 1 aliphatic heterocycles. The Morgan fingerprint density at radius 3 is 2.81 bits per heavy atom. The van der Waals surface area contributed by atoms with Gasteiger partial charge in [-0.15, -0.1) is 0 Å². The van der Waals surface area contributed by atoms with Crippen molar-refractivity contribution in [2.75, 3.05) is 19.8 Å². The van der Waals surface area contributed by atoms with Crippen molar-refractivity contribution in [1.82, 2.24) is 4.90 Å². The standard InChI is InChI=1S/C16H19NO4/c18-15(17-10-11-21-12-14(17)16(19)20)9-5-4-8-13-6-2-1-3-7-13/h1-4,6-8,14H,5,9-12H2,(H,19,20)/b8-4+. The van der Waals surface area contributed by atoms with Gasteiger partial charge in [-0.05, 0) is 12.0 Å². The molecule has 21 heavy (non-hydrogen) atoms. The van der Waals surface area contributed by atoms with Gasteiger partial charge in [0.05, 0.1) is 13.2 Å². The maximum absolute atomic E-state index is 12.1. The highest BCUT2D eigenvalue weighted by Gasteiger charge is 2.31. The van der Waals surface area contributed by atoms with Gasteiger partial charge in [0, 0.05) is 13.0 Å². The first-order valence-corrected chi connectivity index (χ1v) is 7.00. The van der Waals surface area contributed by atoms with Crippen molar-refractivity contribution in [3.63, 3.8) is 0 Å². The van der Waals surface area contributed by atoms with Crippen molar-refractivity contribution in [1.29, 1.82) is 0 Å². The molecule has 0 aromatic heterocycles. The Bertz CT molecular complexity index is 512. The molecule has 1 saturated heterocycles. The predicted octanol–water partition coefficient (Wildman–Crippen LogP) is 1.79. The molecule has 5 nitrogen and oxygen atoms in total. The molecular formula is C16H19NO4. The van der Waals surface area contributed by atoms with Crippen LogP contribution in [-0.2, 0) is 14.3 Å². The lowest BCUT2D eigenvalue weighted by Gasteiger charge is -2.32. The molecule has 0 spiro atoms. The molecule has 2 rings (SSSR count). The first kappa shape index (κ1) is 15.3. The lowest BCUT2D eigenvalue weighted by atomic mass is 10.1. The summed E-state index contributed by atoms with van der Waals surface area (Å²) in [5.41, 5.74) is 1.08. The number of morpholine rings is 1. The summed E-state index contributed by atoms with van der Waals surface area (Å²) >= 11 is 0. The maximum Gasteiger partial charge on any atom is 0.328 e. The van der Waals surface area contributed by atoms with E-state index in [2.05, 4.69) is 0 Å². The second-order valence-electron chi connectivity index (χ2n) is 4.87. The number of carboxylic acids is 1. The number of carboxylic acid groups (broad SMARTS) is 1. The molecule has 1 atom stereocenters. The summed E-state index contributed by atoms with van der Waals surface area (Å²) in [6, 6.07) is 8.98. The first-order valence-electron chi connectivity index (χ1n) is 7.00. The third kappa shape index (κ3) is 4.43. The van der Waals surface area contributed by atoms with Gasteiger partial charge in [0.1, 0.15) is 0 Å². The summed E-state index contributed by atoms with van der Waals surface area (Å²) in [6.07, 6.45) is 4.80. The van der Waals surface area contributed by atoms with E-state index in [-0.39, 0.29) is 12.5 Å². The largest absolute Gasteiger partial charge is 0.480 e. The van der Waals surface area contributed by atoms with Gasteiger partial charge < -0.3 is 14.7 Å². The monoisotopic (exact) mass is 289 g/mol. The molecule has 0 saturated carbocycles.